The van der Waals surface area contributed by atoms with E-state index in [2.05, 4.69) is 19.1 Å². The van der Waals surface area contributed by atoms with E-state index in [1.807, 2.05) is 0 Å². The molecule has 4 unspecified atom stereocenters. The molecule has 0 aromatic heterocycles. The summed E-state index contributed by atoms with van der Waals surface area (Å²) < 4.78 is 4.70. The Morgan fingerprint density at radius 3 is 1.87 bits per heavy atom. The summed E-state index contributed by atoms with van der Waals surface area (Å²) in [7, 11) is 0. The summed E-state index contributed by atoms with van der Waals surface area (Å²) in [5.74, 6) is -3.10. The van der Waals surface area contributed by atoms with Gasteiger partial charge in [-0.2, -0.15) is 0 Å². The number of hydrogen-bond donors (Lipinski definition) is 4. The predicted molar refractivity (Wildman–Crippen MR) is 120 cm³/mol. The number of unbranched alkanes of at least 4 members (excludes halogenated alkanes) is 10. The minimum absolute atomic E-state index is 0.162. The topological polar surface area (TPSA) is 124 Å². The van der Waals surface area contributed by atoms with Crippen molar-refractivity contribution < 1.29 is 34.8 Å². The van der Waals surface area contributed by atoms with Crippen LogP contribution in [0.25, 0.3) is 0 Å². The number of carbonyl (C=O) groups excluding carboxylic acids is 2. The second-order valence-corrected chi connectivity index (χ2v) is 8.24. The molecule has 0 saturated heterocycles. The van der Waals surface area contributed by atoms with Crippen LogP contribution in [-0.2, 0) is 14.3 Å². The highest BCUT2D eigenvalue weighted by molar-refractivity contribution is 6.01. The molecule has 7 nitrogen and oxygen atoms in total. The number of aliphatic hydroxyl groups excluding tert-OH is 4. The molecule has 0 rings (SSSR count). The lowest BCUT2D eigenvalue weighted by Gasteiger charge is -2.20. The molecule has 182 valence electrons. The highest BCUT2D eigenvalue weighted by atomic mass is 16.6. The minimum Gasteiger partial charge on any atom is -0.433 e. The zero-order valence-electron chi connectivity index (χ0n) is 19.4. The first-order valence-electron chi connectivity index (χ1n) is 11.9. The lowest BCUT2D eigenvalue weighted by molar-refractivity contribution is -0.190. The lowest BCUT2D eigenvalue weighted by Crippen LogP contribution is -2.39. The zero-order valence-corrected chi connectivity index (χ0v) is 19.4. The van der Waals surface area contributed by atoms with E-state index < -0.39 is 42.8 Å². The van der Waals surface area contributed by atoms with Crippen molar-refractivity contribution in [3.8, 4) is 0 Å². The average molecular weight is 445 g/mol. The summed E-state index contributed by atoms with van der Waals surface area (Å²) in [6, 6.07) is 0. The fourth-order valence-corrected chi connectivity index (χ4v) is 3.24. The maximum absolute atomic E-state index is 12.2. The average Bonchev–Trinajstić information content (AvgIpc) is 2.75. The van der Waals surface area contributed by atoms with E-state index in [1.165, 1.54) is 45.4 Å². The van der Waals surface area contributed by atoms with Crippen molar-refractivity contribution in [1.29, 1.82) is 0 Å². The Morgan fingerprint density at radius 1 is 0.839 bits per heavy atom. The van der Waals surface area contributed by atoms with Crippen molar-refractivity contribution in [3.05, 3.63) is 12.2 Å². The van der Waals surface area contributed by atoms with Crippen LogP contribution < -0.4 is 0 Å². The van der Waals surface area contributed by atoms with E-state index in [-0.39, 0.29) is 6.42 Å². The summed E-state index contributed by atoms with van der Waals surface area (Å²) in [6.45, 7) is 2.69. The second kappa shape index (κ2) is 19.4. The Bertz CT molecular complexity index is 490. The van der Waals surface area contributed by atoms with Crippen LogP contribution in [0.3, 0.4) is 0 Å². The van der Waals surface area contributed by atoms with Crippen LogP contribution >= 0.6 is 0 Å². The summed E-state index contributed by atoms with van der Waals surface area (Å²) in [4.78, 5) is 24.3. The minimum atomic E-state index is -1.74. The number of esters is 1. The van der Waals surface area contributed by atoms with Crippen LogP contribution in [0.5, 0.6) is 0 Å². The molecule has 0 aliphatic rings. The highest BCUT2D eigenvalue weighted by Crippen LogP contribution is 2.17. The van der Waals surface area contributed by atoms with E-state index >= 15 is 0 Å². The molecule has 4 atom stereocenters. The molecule has 0 aromatic carbocycles. The van der Waals surface area contributed by atoms with Gasteiger partial charge >= 0.3 is 5.97 Å². The predicted octanol–water partition coefficient (Wildman–Crippen LogP) is 3.41. The molecule has 0 bridgehead atoms. The third kappa shape index (κ3) is 15.2. The summed E-state index contributed by atoms with van der Waals surface area (Å²) in [6.07, 6.45) is 13.2. The van der Waals surface area contributed by atoms with Crippen LogP contribution in [0.4, 0.5) is 0 Å². The number of ketones is 1. The molecule has 0 radical (unpaired) electrons. The van der Waals surface area contributed by atoms with Gasteiger partial charge < -0.3 is 25.2 Å². The first-order valence-corrected chi connectivity index (χ1v) is 11.9. The molecular formula is C24H44O7. The number of hydrogen-bond acceptors (Lipinski definition) is 7. The number of aliphatic hydroxyl groups is 4. The number of Topliss-reactive ketones (excluding diaryl/α,β-unsaturated/α-hetero) is 1. The van der Waals surface area contributed by atoms with Gasteiger partial charge in [0.25, 0.3) is 0 Å². The standard InChI is InChI=1S/C24H44O7/c1-3-4-5-6-7-8-9-10-11-12-13-14-15-16-17-20(22(28)21(27)18-25)24(30)31-23(29)19(2)26/h10-11,19-21,23,25-27,29H,3-9,12-18H2,1-2H3/b11-10-. The van der Waals surface area contributed by atoms with Crippen LogP contribution in [0.15, 0.2) is 12.2 Å². The van der Waals surface area contributed by atoms with E-state index in [0.29, 0.717) is 6.42 Å². The summed E-state index contributed by atoms with van der Waals surface area (Å²) in [5, 5.41) is 37.3. The zero-order chi connectivity index (χ0) is 23.5. The van der Waals surface area contributed by atoms with Crippen molar-refractivity contribution >= 4 is 11.8 Å². The van der Waals surface area contributed by atoms with Gasteiger partial charge in [-0.1, -0.05) is 70.4 Å². The first-order chi connectivity index (χ1) is 14.8. The van der Waals surface area contributed by atoms with E-state index in [1.54, 1.807) is 0 Å². The van der Waals surface area contributed by atoms with Gasteiger partial charge in [0.15, 0.2) is 5.78 Å². The fourth-order valence-electron chi connectivity index (χ4n) is 3.24. The van der Waals surface area contributed by atoms with Crippen LogP contribution in [0, 0.1) is 5.92 Å². The van der Waals surface area contributed by atoms with Crippen LogP contribution in [-0.4, -0.2) is 57.3 Å². The molecule has 0 aliphatic heterocycles. The van der Waals surface area contributed by atoms with Gasteiger partial charge in [-0.15, -0.1) is 0 Å². The molecule has 31 heavy (non-hydrogen) atoms. The number of allylic oxidation sites excluding steroid dienone is 2. The summed E-state index contributed by atoms with van der Waals surface area (Å²) in [5.41, 5.74) is 0. The molecule has 0 spiro atoms. The van der Waals surface area contributed by atoms with Crippen molar-refractivity contribution in [2.24, 2.45) is 5.92 Å². The monoisotopic (exact) mass is 444 g/mol. The van der Waals surface area contributed by atoms with Crippen molar-refractivity contribution in [3.63, 3.8) is 0 Å². The first kappa shape index (κ1) is 29.7. The summed E-state index contributed by atoms with van der Waals surface area (Å²) >= 11 is 0. The van der Waals surface area contributed by atoms with Gasteiger partial charge in [0.1, 0.15) is 18.1 Å². The van der Waals surface area contributed by atoms with E-state index in [9.17, 15) is 24.9 Å². The van der Waals surface area contributed by atoms with Gasteiger partial charge in [0.05, 0.1) is 6.61 Å². The number of rotatable bonds is 20. The smallest absolute Gasteiger partial charge is 0.318 e. The molecule has 0 fully saturated rings. The number of carbonyl (C=O) groups is 2. The number of ether oxygens (including phenoxy) is 1. The Balaban J connectivity index is 4.10. The van der Waals surface area contributed by atoms with Gasteiger partial charge in [-0.3, -0.25) is 9.59 Å². The highest BCUT2D eigenvalue weighted by Gasteiger charge is 2.33. The Morgan fingerprint density at radius 2 is 1.35 bits per heavy atom. The van der Waals surface area contributed by atoms with Gasteiger partial charge in [-0.05, 0) is 39.0 Å². The second-order valence-electron chi connectivity index (χ2n) is 8.24. The fraction of sp³-hybridized carbons (Fsp3) is 0.833. The molecule has 7 heteroatoms. The van der Waals surface area contributed by atoms with Crippen molar-refractivity contribution in [1.82, 2.24) is 0 Å². The van der Waals surface area contributed by atoms with Crippen LogP contribution in [0.2, 0.25) is 0 Å². The Kier molecular flexibility index (Phi) is 18.6. The van der Waals surface area contributed by atoms with Gasteiger partial charge in [0.2, 0.25) is 6.29 Å². The molecule has 0 saturated carbocycles. The van der Waals surface area contributed by atoms with Gasteiger partial charge in [0, 0.05) is 0 Å². The third-order valence-corrected chi connectivity index (χ3v) is 5.28. The maximum Gasteiger partial charge on any atom is 0.318 e. The van der Waals surface area contributed by atoms with Crippen LogP contribution in [0.1, 0.15) is 97.3 Å². The van der Waals surface area contributed by atoms with Crippen molar-refractivity contribution in [2.75, 3.05) is 6.61 Å². The van der Waals surface area contributed by atoms with E-state index in [4.69, 9.17) is 9.84 Å². The quantitative estimate of drug-likeness (QED) is 0.0745. The van der Waals surface area contributed by atoms with E-state index in [0.717, 1.165) is 32.1 Å². The Hall–Kier alpha value is -1.28. The maximum atomic E-state index is 12.2. The molecule has 0 aromatic rings. The molecule has 0 amide bonds. The lowest BCUT2D eigenvalue weighted by atomic mass is 9.93. The third-order valence-electron chi connectivity index (χ3n) is 5.28. The molecule has 0 aliphatic carbocycles. The molecule has 0 heterocycles. The SMILES string of the molecule is CCCCCCCC/C=C\CCCCCCC(C(=O)OC(O)C(C)O)C(=O)C(O)CO. The van der Waals surface area contributed by atoms with Crippen molar-refractivity contribution in [2.45, 2.75) is 116 Å². The molecule has 4 N–H and O–H groups in total. The van der Waals surface area contributed by atoms with Gasteiger partial charge in [-0.25, -0.2) is 0 Å². The largest absolute Gasteiger partial charge is 0.433 e. The Labute approximate surface area is 187 Å². The normalized spacial score (nSPS) is 15.5. The molecular weight excluding hydrogens is 400 g/mol.